The van der Waals surface area contributed by atoms with Crippen molar-refractivity contribution in [3.05, 3.63) is 35.4 Å². The molecule has 1 aliphatic heterocycles. The average Bonchev–Trinajstić information content (AvgIpc) is 3.13. The van der Waals surface area contributed by atoms with Crippen LogP contribution < -0.4 is 0 Å². The van der Waals surface area contributed by atoms with Crippen molar-refractivity contribution in [1.82, 2.24) is 5.01 Å². The number of carbonyl (C=O) groups is 1. The second kappa shape index (κ2) is 4.81. The van der Waals surface area contributed by atoms with Gasteiger partial charge in [-0.1, -0.05) is 29.8 Å². The highest BCUT2D eigenvalue weighted by Gasteiger charge is 2.63. The molecule has 1 aromatic rings. The minimum absolute atomic E-state index is 0.110. The summed E-state index contributed by atoms with van der Waals surface area (Å²) in [4.78, 5) is 12.3. The zero-order chi connectivity index (χ0) is 16.1. The Hall–Kier alpha value is -1.89. The van der Waals surface area contributed by atoms with Gasteiger partial charge in [0.1, 0.15) is 0 Å². The molecule has 1 heterocycles. The van der Waals surface area contributed by atoms with Crippen LogP contribution in [0.25, 0.3) is 0 Å². The Morgan fingerprint density at radius 2 is 2.00 bits per heavy atom. The number of halogens is 3. The van der Waals surface area contributed by atoms with E-state index in [0.717, 1.165) is 17.3 Å². The van der Waals surface area contributed by atoms with Crippen LogP contribution in [-0.4, -0.2) is 34.1 Å². The largest absolute Gasteiger partial charge is 0.438 e. The first-order valence-corrected chi connectivity index (χ1v) is 6.96. The van der Waals surface area contributed by atoms with Crippen molar-refractivity contribution in [1.29, 1.82) is 0 Å². The number of hydrazone groups is 1. The van der Waals surface area contributed by atoms with Crippen molar-refractivity contribution in [3.8, 4) is 0 Å². The number of carbonyl (C=O) groups excluding carboxylic acids is 1. The van der Waals surface area contributed by atoms with E-state index in [-0.39, 0.29) is 10.9 Å². The van der Waals surface area contributed by atoms with Gasteiger partial charge in [-0.15, -0.1) is 0 Å². The number of rotatable bonds is 2. The number of nitrogens with zero attached hydrogens (tertiary/aromatic N) is 2. The quantitative estimate of drug-likeness (QED) is 0.912. The van der Waals surface area contributed by atoms with Crippen molar-refractivity contribution >= 4 is 12.1 Å². The number of hydrogen-bond acceptors (Lipinski definition) is 3. The molecule has 0 bridgehead atoms. The molecular formula is C15H15F3N2O2. The second-order valence-electron chi connectivity index (χ2n) is 5.83. The molecule has 22 heavy (non-hydrogen) atoms. The Bertz CT molecular complexity index is 627. The highest BCUT2D eigenvalue weighted by molar-refractivity contribution is 5.85. The molecule has 1 aliphatic carbocycles. The number of hydrogen-bond donors (Lipinski definition) is 1. The standard InChI is InChI=1S/C15H15F3N2O2/c1-9-2-4-10(5-3-9)11-8-12(11)13(21)20-14(22,6-7-19-20)15(16,17)18/h2-5,7,11-12,22H,6,8H2,1H3/t11-,12-,14+/m0/s1. The lowest BCUT2D eigenvalue weighted by Crippen LogP contribution is -2.56. The molecule has 0 spiro atoms. The maximum atomic E-state index is 13.0. The Labute approximate surface area is 125 Å². The van der Waals surface area contributed by atoms with Crippen molar-refractivity contribution in [3.63, 3.8) is 0 Å². The summed E-state index contributed by atoms with van der Waals surface area (Å²) in [7, 11) is 0. The molecular weight excluding hydrogens is 297 g/mol. The fourth-order valence-corrected chi connectivity index (χ4v) is 2.71. The zero-order valence-electron chi connectivity index (χ0n) is 11.8. The molecule has 118 valence electrons. The van der Waals surface area contributed by atoms with Gasteiger partial charge in [0, 0.05) is 18.6 Å². The first-order valence-electron chi connectivity index (χ1n) is 6.96. The van der Waals surface area contributed by atoms with Gasteiger partial charge < -0.3 is 5.11 Å². The van der Waals surface area contributed by atoms with Crippen LogP contribution in [0.15, 0.2) is 29.4 Å². The summed E-state index contributed by atoms with van der Waals surface area (Å²) in [5, 5.41) is 13.4. The predicted molar refractivity (Wildman–Crippen MR) is 73.0 cm³/mol. The minimum atomic E-state index is -4.94. The molecule has 1 fully saturated rings. The normalized spacial score (nSPS) is 30.7. The zero-order valence-corrected chi connectivity index (χ0v) is 11.8. The first kappa shape index (κ1) is 15.0. The highest BCUT2D eigenvalue weighted by atomic mass is 19.4. The van der Waals surface area contributed by atoms with Crippen LogP contribution in [-0.2, 0) is 4.79 Å². The molecule has 0 aromatic heterocycles. The molecule has 0 unspecified atom stereocenters. The molecule has 1 aromatic carbocycles. The van der Waals surface area contributed by atoms with Crippen molar-refractivity contribution in [2.75, 3.05) is 0 Å². The number of amides is 1. The lowest BCUT2D eigenvalue weighted by Gasteiger charge is -2.32. The SMILES string of the molecule is Cc1ccc([C@@H]2C[C@@H]2C(=O)N2N=CC[C@@]2(O)C(F)(F)F)cc1. The maximum Gasteiger partial charge on any atom is 0.438 e. The summed E-state index contributed by atoms with van der Waals surface area (Å²) in [6, 6.07) is 7.54. The topological polar surface area (TPSA) is 52.9 Å². The van der Waals surface area contributed by atoms with Crippen LogP contribution in [0, 0.1) is 12.8 Å². The smallest absolute Gasteiger partial charge is 0.362 e. The van der Waals surface area contributed by atoms with E-state index < -0.39 is 30.1 Å². The van der Waals surface area contributed by atoms with Gasteiger partial charge in [-0.05, 0) is 24.8 Å². The van der Waals surface area contributed by atoms with Crippen LogP contribution >= 0.6 is 0 Å². The Morgan fingerprint density at radius 1 is 1.36 bits per heavy atom. The van der Waals surface area contributed by atoms with E-state index in [1.165, 1.54) is 0 Å². The van der Waals surface area contributed by atoms with Crippen LogP contribution in [0.3, 0.4) is 0 Å². The van der Waals surface area contributed by atoms with E-state index in [0.29, 0.717) is 6.42 Å². The number of alkyl halides is 3. The average molecular weight is 312 g/mol. The summed E-state index contributed by atoms with van der Waals surface area (Å²) in [5.74, 6) is -1.45. The van der Waals surface area contributed by atoms with E-state index in [9.17, 15) is 23.1 Å². The summed E-state index contributed by atoms with van der Waals surface area (Å²) in [5.41, 5.74) is -1.23. The van der Waals surface area contributed by atoms with Crippen LogP contribution in [0.1, 0.15) is 29.9 Å². The minimum Gasteiger partial charge on any atom is -0.362 e. The molecule has 4 nitrogen and oxygen atoms in total. The van der Waals surface area contributed by atoms with Gasteiger partial charge in [-0.3, -0.25) is 4.79 Å². The number of benzene rings is 1. The molecule has 7 heteroatoms. The van der Waals surface area contributed by atoms with Crippen molar-refractivity contribution in [2.45, 2.75) is 37.6 Å². The molecule has 3 atom stereocenters. The van der Waals surface area contributed by atoms with Gasteiger partial charge in [-0.25, -0.2) is 0 Å². The summed E-state index contributed by atoms with van der Waals surface area (Å²) < 4.78 is 38.9. The number of aliphatic hydroxyl groups is 1. The van der Waals surface area contributed by atoms with E-state index >= 15 is 0 Å². The number of aryl methyl sites for hydroxylation is 1. The van der Waals surface area contributed by atoms with Crippen molar-refractivity contribution < 1.29 is 23.1 Å². The third-order valence-corrected chi connectivity index (χ3v) is 4.20. The monoisotopic (exact) mass is 312 g/mol. The predicted octanol–water partition coefficient (Wildman–Crippen LogP) is 2.57. The Morgan fingerprint density at radius 3 is 2.59 bits per heavy atom. The van der Waals surface area contributed by atoms with E-state index in [1.54, 1.807) is 0 Å². The molecule has 3 rings (SSSR count). The molecule has 0 radical (unpaired) electrons. The van der Waals surface area contributed by atoms with E-state index in [1.807, 2.05) is 31.2 Å². The summed E-state index contributed by atoms with van der Waals surface area (Å²) in [6.45, 7) is 1.93. The third kappa shape index (κ3) is 2.29. The molecule has 1 saturated carbocycles. The van der Waals surface area contributed by atoms with Gasteiger partial charge in [0.2, 0.25) is 5.91 Å². The fourth-order valence-electron chi connectivity index (χ4n) is 2.71. The second-order valence-corrected chi connectivity index (χ2v) is 5.83. The van der Waals surface area contributed by atoms with E-state index in [4.69, 9.17) is 0 Å². The highest BCUT2D eigenvalue weighted by Crippen LogP contribution is 2.50. The summed E-state index contributed by atoms with van der Waals surface area (Å²) in [6.07, 6.45) is -4.27. The maximum absolute atomic E-state index is 13.0. The fraction of sp³-hybridized carbons (Fsp3) is 0.467. The van der Waals surface area contributed by atoms with Gasteiger partial charge in [0.25, 0.3) is 5.72 Å². The molecule has 0 saturated heterocycles. The van der Waals surface area contributed by atoms with Gasteiger partial charge in [0.05, 0.1) is 0 Å². The Balaban J connectivity index is 1.76. The lowest BCUT2D eigenvalue weighted by atomic mass is 10.1. The molecule has 1 N–H and O–H groups in total. The Kier molecular flexibility index (Phi) is 3.28. The lowest BCUT2D eigenvalue weighted by molar-refractivity contribution is -0.302. The molecule has 1 amide bonds. The third-order valence-electron chi connectivity index (χ3n) is 4.20. The molecule has 2 aliphatic rings. The van der Waals surface area contributed by atoms with Crippen LogP contribution in [0.4, 0.5) is 13.2 Å². The van der Waals surface area contributed by atoms with E-state index in [2.05, 4.69) is 5.10 Å². The van der Waals surface area contributed by atoms with Gasteiger partial charge in [0.15, 0.2) is 0 Å². The van der Waals surface area contributed by atoms with Crippen molar-refractivity contribution in [2.24, 2.45) is 11.0 Å². The first-order chi connectivity index (χ1) is 10.2. The van der Waals surface area contributed by atoms with Crippen LogP contribution in [0.2, 0.25) is 0 Å². The van der Waals surface area contributed by atoms with Gasteiger partial charge in [-0.2, -0.15) is 23.3 Å². The van der Waals surface area contributed by atoms with Gasteiger partial charge >= 0.3 is 6.18 Å². The summed E-state index contributed by atoms with van der Waals surface area (Å²) >= 11 is 0. The van der Waals surface area contributed by atoms with Crippen LogP contribution in [0.5, 0.6) is 0 Å².